The second-order valence-corrected chi connectivity index (χ2v) is 5.83. The highest BCUT2D eigenvalue weighted by atomic mass is 127. The minimum Gasteiger partial charge on any atom is -0.351 e. The van der Waals surface area contributed by atoms with Gasteiger partial charge in [-0.15, -0.1) is 0 Å². The van der Waals surface area contributed by atoms with Gasteiger partial charge in [0.25, 0.3) is 5.91 Å². The van der Waals surface area contributed by atoms with E-state index in [1.807, 2.05) is 30.3 Å². The number of unbranched alkanes of at least 4 members (excludes halogenated alkanes) is 3. The average molecular weight is 382 g/mol. The SMILES string of the molecule is O=C(NCCCCCCI)c1ccc2ccccc2n1. The van der Waals surface area contributed by atoms with Crippen LogP contribution in [0.2, 0.25) is 0 Å². The first kappa shape index (κ1) is 15.2. The number of rotatable bonds is 7. The van der Waals surface area contributed by atoms with Gasteiger partial charge in [-0.1, -0.05) is 59.7 Å². The lowest BCUT2D eigenvalue weighted by atomic mass is 10.2. The number of halogens is 1. The zero-order valence-corrected chi connectivity index (χ0v) is 13.6. The van der Waals surface area contributed by atoms with E-state index in [0.717, 1.165) is 23.9 Å². The van der Waals surface area contributed by atoms with Crippen LogP contribution >= 0.6 is 22.6 Å². The van der Waals surface area contributed by atoms with Crippen molar-refractivity contribution in [1.82, 2.24) is 10.3 Å². The maximum absolute atomic E-state index is 12.0. The van der Waals surface area contributed by atoms with Crippen molar-refractivity contribution in [3.63, 3.8) is 0 Å². The molecule has 0 aliphatic rings. The summed E-state index contributed by atoms with van der Waals surface area (Å²) < 4.78 is 1.21. The monoisotopic (exact) mass is 382 g/mol. The van der Waals surface area contributed by atoms with Crippen LogP contribution in [0.15, 0.2) is 36.4 Å². The number of carbonyl (C=O) groups excluding carboxylic acids is 1. The van der Waals surface area contributed by atoms with E-state index >= 15 is 0 Å². The fourth-order valence-electron chi connectivity index (χ4n) is 2.06. The minimum atomic E-state index is -0.0790. The van der Waals surface area contributed by atoms with E-state index in [9.17, 15) is 4.79 Å². The number of alkyl halides is 1. The van der Waals surface area contributed by atoms with Gasteiger partial charge in [0.15, 0.2) is 0 Å². The van der Waals surface area contributed by atoms with E-state index in [2.05, 4.69) is 32.9 Å². The Hall–Kier alpha value is -1.17. The first-order valence-corrected chi connectivity index (χ1v) is 8.54. The van der Waals surface area contributed by atoms with Gasteiger partial charge < -0.3 is 5.32 Å². The number of pyridine rings is 1. The summed E-state index contributed by atoms with van der Waals surface area (Å²) in [4.78, 5) is 16.4. The Morgan fingerprint density at radius 2 is 1.85 bits per heavy atom. The van der Waals surface area contributed by atoms with Gasteiger partial charge in [-0.2, -0.15) is 0 Å². The topological polar surface area (TPSA) is 42.0 Å². The molecule has 2 aromatic rings. The highest BCUT2D eigenvalue weighted by Crippen LogP contribution is 2.11. The number of fused-ring (bicyclic) bond motifs is 1. The highest BCUT2D eigenvalue weighted by Gasteiger charge is 2.06. The van der Waals surface area contributed by atoms with Crippen LogP contribution in [-0.2, 0) is 0 Å². The maximum atomic E-state index is 12.0. The van der Waals surface area contributed by atoms with Crippen molar-refractivity contribution in [3.8, 4) is 0 Å². The quantitative estimate of drug-likeness (QED) is 0.448. The Morgan fingerprint density at radius 1 is 1.05 bits per heavy atom. The molecule has 0 unspecified atom stereocenters. The molecule has 0 aliphatic heterocycles. The molecule has 4 heteroatoms. The first-order valence-electron chi connectivity index (χ1n) is 7.01. The molecule has 3 nitrogen and oxygen atoms in total. The number of hydrogen-bond donors (Lipinski definition) is 1. The third-order valence-corrected chi connectivity index (χ3v) is 3.94. The molecule has 0 bridgehead atoms. The van der Waals surface area contributed by atoms with Crippen molar-refractivity contribution >= 4 is 39.4 Å². The molecule has 20 heavy (non-hydrogen) atoms. The van der Waals surface area contributed by atoms with Crippen LogP contribution in [0.5, 0.6) is 0 Å². The third-order valence-electron chi connectivity index (χ3n) is 3.18. The molecular formula is C16H19IN2O. The van der Waals surface area contributed by atoms with Crippen molar-refractivity contribution < 1.29 is 4.79 Å². The summed E-state index contributed by atoms with van der Waals surface area (Å²) in [6.07, 6.45) is 4.72. The molecule has 0 atom stereocenters. The van der Waals surface area contributed by atoms with Crippen LogP contribution in [0.25, 0.3) is 10.9 Å². The van der Waals surface area contributed by atoms with Gasteiger partial charge >= 0.3 is 0 Å². The van der Waals surface area contributed by atoms with E-state index in [-0.39, 0.29) is 5.91 Å². The standard InChI is InChI=1S/C16H19IN2O/c17-11-5-1-2-6-12-18-16(20)15-10-9-13-7-3-4-8-14(13)19-15/h3-4,7-10H,1-2,5-6,11-12H2,(H,18,20). The summed E-state index contributed by atoms with van der Waals surface area (Å²) in [7, 11) is 0. The van der Waals surface area contributed by atoms with Crippen LogP contribution < -0.4 is 5.32 Å². The number of benzene rings is 1. The predicted molar refractivity (Wildman–Crippen MR) is 91.4 cm³/mol. The Kier molecular flexibility index (Phi) is 6.24. The Bertz CT molecular complexity index is 571. The van der Waals surface area contributed by atoms with Gasteiger partial charge in [0.2, 0.25) is 0 Å². The molecule has 0 saturated carbocycles. The van der Waals surface area contributed by atoms with Crippen LogP contribution in [0, 0.1) is 0 Å². The number of para-hydroxylation sites is 1. The van der Waals surface area contributed by atoms with Crippen LogP contribution in [0.3, 0.4) is 0 Å². The van der Waals surface area contributed by atoms with Crippen LogP contribution in [0.4, 0.5) is 0 Å². The molecular weight excluding hydrogens is 363 g/mol. The normalized spacial score (nSPS) is 10.7. The zero-order chi connectivity index (χ0) is 14.2. The maximum Gasteiger partial charge on any atom is 0.269 e. The molecule has 1 amide bonds. The van der Waals surface area contributed by atoms with Crippen molar-refractivity contribution in [2.45, 2.75) is 25.7 Å². The number of nitrogens with one attached hydrogen (secondary N) is 1. The van der Waals surface area contributed by atoms with Crippen LogP contribution in [-0.4, -0.2) is 21.9 Å². The third kappa shape index (κ3) is 4.44. The average Bonchev–Trinajstić information content (AvgIpc) is 2.50. The van der Waals surface area contributed by atoms with E-state index < -0.39 is 0 Å². The fraction of sp³-hybridized carbons (Fsp3) is 0.375. The lowest BCUT2D eigenvalue weighted by molar-refractivity contribution is 0.0948. The molecule has 0 spiro atoms. The van der Waals surface area contributed by atoms with Crippen molar-refractivity contribution in [1.29, 1.82) is 0 Å². The molecule has 1 aromatic carbocycles. The van der Waals surface area contributed by atoms with Gasteiger partial charge in [-0.25, -0.2) is 4.98 Å². The van der Waals surface area contributed by atoms with E-state index in [4.69, 9.17) is 0 Å². The minimum absolute atomic E-state index is 0.0790. The van der Waals surface area contributed by atoms with Gasteiger partial charge in [0, 0.05) is 11.9 Å². The van der Waals surface area contributed by atoms with Gasteiger partial charge in [0.05, 0.1) is 5.52 Å². The van der Waals surface area contributed by atoms with Crippen molar-refractivity contribution in [2.75, 3.05) is 11.0 Å². The second-order valence-electron chi connectivity index (χ2n) is 4.75. The summed E-state index contributed by atoms with van der Waals surface area (Å²) in [6.45, 7) is 0.731. The summed E-state index contributed by atoms with van der Waals surface area (Å²) in [6, 6.07) is 11.6. The predicted octanol–water partition coefficient (Wildman–Crippen LogP) is 3.96. The van der Waals surface area contributed by atoms with Gasteiger partial charge in [0.1, 0.15) is 5.69 Å². The molecule has 2 rings (SSSR count). The van der Waals surface area contributed by atoms with Crippen molar-refractivity contribution in [2.24, 2.45) is 0 Å². The largest absolute Gasteiger partial charge is 0.351 e. The Labute approximate surface area is 133 Å². The number of amides is 1. The number of aromatic nitrogens is 1. The summed E-state index contributed by atoms with van der Waals surface area (Å²) >= 11 is 2.40. The zero-order valence-electron chi connectivity index (χ0n) is 11.4. The molecule has 1 aromatic heterocycles. The summed E-state index contributed by atoms with van der Waals surface area (Å²) in [5.74, 6) is -0.0790. The molecule has 0 radical (unpaired) electrons. The highest BCUT2D eigenvalue weighted by molar-refractivity contribution is 14.1. The number of hydrogen-bond acceptors (Lipinski definition) is 2. The number of nitrogens with zero attached hydrogens (tertiary/aromatic N) is 1. The molecule has 1 heterocycles. The number of carbonyl (C=O) groups is 1. The fourth-order valence-corrected chi connectivity index (χ4v) is 2.60. The second kappa shape index (κ2) is 8.19. The molecule has 1 N–H and O–H groups in total. The van der Waals surface area contributed by atoms with Gasteiger partial charge in [-0.3, -0.25) is 4.79 Å². The van der Waals surface area contributed by atoms with Gasteiger partial charge in [-0.05, 0) is 29.4 Å². The Balaban J connectivity index is 1.84. The molecule has 0 fully saturated rings. The first-order chi connectivity index (χ1) is 9.81. The van der Waals surface area contributed by atoms with E-state index in [1.54, 1.807) is 6.07 Å². The molecule has 0 aliphatic carbocycles. The lowest BCUT2D eigenvalue weighted by Gasteiger charge is -2.05. The Morgan fingerprint density at radius 3 is 2.70 bits per heavy atom. The van der Waals surface area contributed by atoms with E-state index in [1.165, 1.54) is 23.7 Å². The van der Waals surface area contributed by atoms with Crippen LogP contribution in [0.1, 0.15) is 36.2 Å². The van der Waals surface area contributed by atoms with Crippen molar-refractivity contribution in [3.05, 3.63) is 42.1 Å². The smallest absolute Gasteiger partial charge is 0.269 e. The summed E-state index contributed by atoms with van der Waals surface area (Å²) in [5, 5.41) is 4.00. The summed E-state index contributed by atoms with van der Waals surface area (Å²) in [5.41, 5.74) is 1.36. The molecule has 106 valence electrons. The lowest BCUT2D eigenvalue weighted by Crippen LogP contribution is -2.25. The van der Waals surface area contributed by atoms with E-state index in [0.29, 0.717) is 5.69 Å². The molecule has 0 saturated heterocycles.